The first kappa shape index (κ1) is 15.9. The second-order valence-electron chi connectivity index (χ2n) is 6.58. The van der Waals surface area contributed by atoms with Gasteiger partial charge in [0.05, 0.1) is 0 Å². The molecule has 0 amide bonds. The summed E-state index contributed by atoms with van der Waals surface area (Å²) in [5.41, 5.74) is 2.48. The van der Waals surface area contributed by atoms with E-state index in [-0.39, 0.29) is 0 Å². The zero-order chi connectivity index (χ0) is 17.1. The molecule has 0 spiro atoms. The summed E-state index contributed by atoms with van der Waals surface area (Å²) in [6.07, 6.45) is 3.32. The lowest BCUT2D eigenvalue weighted by Crippen LogP contribution is -2.61. The SMILES string of the molecule is Cc1ccccc1C1=CCC[Si](c2ccccc2)(c2ccccc2)O1. The van der Waals surface area contributed by atoms with Crippen molar-refractivity contribution in [1.82, 2.24) is 0 Å². The van der Waals surface area contributed by atoms with Crippen molar-refractivity contribution in [3.05, 3.63) is 102 Å². The van der Waals surface area contributed by atoms with Crippen molar-refractivity contribution in [2.24, 2.45) is 0 Å². The molecule has 4 rings (SSSR count). The lowest BCUT2D eigenvalue weighted by atomic mass is 10.1. The van der Waals surface area contributed by atoms with Gasteiger partial charge in [0.25, 0.3) is 0 Å². The summed E-state index contributed by atoms with van der Waals surface area (Å²) < 4.78 is 6.91. The molecule has 0 bridgehead atoms. The fourth-order valence-electron chi connectivity index (χ4n) is 3.69. The Labute approximate surface area is 150 Å². The van der Waals surface area contributed by atoms with Gasteiger partial charge in [-0.15, -0.1) is 0 Å². The van der Waals surface area contributed by atoms with Crippen LogP contribution in [-0.4, -0.2) is 8.32 Å². The summed E-state index contributed by atoms with van der Waals surface area (Å²) in [6, 6.07) is 31.2. The van der Waals surface area contributed by atoms with Crippen LogP contribution in [0.4, 0.5) is 0 Å². The van der Waals surface area contributed by atoms with Crippen molar-refractivity contribution in [3.63, 3.8) is 0 Å². The standard InChI is InChI=1S/C23H22OSi/c1-19-11-8-9-16-22(19)23-17-10-18-25(24-23,20-12-4-2-5-13-20)21-14-6-3-7-15-21/h2-9,11-17H,10,18H2,1H3. The van der Waals surface area contributed by atoms with E-state index in [1.54, 1.807) is 0 Å². The molecule has 0 saturated heterocycles. The van der Waals surface area contributed by atoms with Gasteiger partial charge in [-0.2, -0.15) is 0 Å². The van der Waals surface area contributed by atoms with E-state index in [1.807, 2.05) is 0 Å². The van der Waals surface area contributed by atoms with Gasteiger partial charge in [0.15, 0.2) is 0 Å². The molecular weight excluding hydrogens is 320 g/mol. The third kappa shape index (κ3) is 2.94. The van der Waals surface area contributed by atoms with E-state index in [4.69, 9.17) is 4.43 Å². The van der Waals surface area contributed by atoms with Gasteiger partial charge in [0.1, 0.15) is 5.76 Å². The van der Waals surface area contributed by atoms with Gasteiger partial charge in [-0.1, -0.05) is 84.9 Å². The highest BCUT2D eigenvalue weighted by atomic mass is 28.4. The summed E-state index contributed by atoms with van der Waals surface area (Å²) in [6.45, 7) is 2.16. The fourth-order valence-corrected chi connectivity index (χ4v) is 7.52. The first-order valence-electron chi connectivity index (χ1n) is 8.86. The molecule has 0 aromatic heterocycles. The van der Waals surface area contributed by atoms with E-state index in [0.29, 0.717) is 0 Å². The van der Waals surface area contributed by atoms with Crippen molar-refractivity contribution in [2.45, 2.75) is 19.4 Å². The minimum atomic E-state index is -2.27. The second kappa shape index (κ2) is 6.73. The minimum absolute atomic E-state index is 1.05. The Bertz CT molecular complexity index is 845. The molecule has 0 radical (unpaired) electrons. The number of hydrogen-bond donors (Lipinski definition) is 0. The molecule has 3 aromatic carbocycles. The Morgan fingerprint density at radius 3 is 1.88 bits per heavy atom. The number of rotatable bonds is 3. The summed E-state index contributed by atoms with van der Waals surface area (Å²) >= 11 is 0. The fraction of sp³-hybridized carbons (Fsp3) is 0.130. The monoisotopic (exact) mass is 342 g/mol. The van der Waals surface area contributed by atoms with Crippen LogP contribution in [0.15, 0.2) is 91.0 Å². The first-order valence-corrected chi connectivity index (χ1v) is 11.0. The van der Waals surface area contributed by atoms with Crippen molar-refractivity contribution < 1.29 is 4.43 Å². The molecule has 3 aromatic rings. The maximum absolute atomic E-state index is 6.91. The highest BCUT2D eigenvalue weighted by Gasteiger charge is 2.43. The van der Waals surface area contributed by atoms with Gasteiger partial charge >= 0.3 is 8.32 Å². The average Bonchev–Trinajstić information content (AvgIpc) is 2.70. The van der Waals surface area contributed by atoms with Gasteiger partial charge in [-0.3, -0.25) is 0 Å². The Morgan fingerprint density at radius 2 is 1.28 bits per heavy atom. The van der Waals surface area contributed by atoms with Crippen LogP contribution in [0.3, 0.4) is 0 Å². The number of benzene rings is 3. The second-order valence-corrected chi connectivity index (χ2v) is 10.1. The van der Waals surface area contributed by atoms with Gasteiger partial charge < -0.3 is 4.43 Å². The zero-order valence-corrected chi connectivity index (χ0v) is 15.5. The molecule has 124 valence electrons. The number of allylic oxidation sites excluding steroid dienone is 1. The van der Waals surface area contributed by atoms with Crippen LogP contribution in [0.5, 0.6) is 0 Å². The summed E-state index contributed by atoms with van der Waals surface area (Å²) in [7, 11) is -2.27. The van der Waals surface area contributed by atoms with E-state index >= 15 is 0 Å². The van der Waals surface area contributed by atoms with Crippen LogP contribution >= 0.6 is 0 Å². The lowest BCUT2D eigenvalue weighted by Gasteiger charge is -2.37. The maximum Gasteiger partial charge on any atom is 0.315 e. The quantitative estimate of drug-likeness (QED) is 0.636. The summed E-state index contributed by atoms with van der Waals surface area (Å²) in [4.78, 5) is 0. The molecule has 1 nitrogen and oxygen atoms in total. The van der Waals surface area contributed by atoms with Crippen molar-refractivity contribution in [3.8, 4) is 0 Å². The maximum atomic E-state index is 6.91. The molecule has 0 aliphatic carbocycles. The highest BCUT2D eigenvalue weighted by molar-refractivity contribution is 6.98. The molecule has 0 atom stereocenters. The van der Waals surface area contributed by atoms with Crippen molar-refractivity contribution >= 4 is 24.5 Å². The van der Waals surface area contributed by atoms with Crippen molar-refractivity contribution in [1.29, 1.82) is 0 Å². The smallest absolute Gasteiger partial charge is 0.315 e. The van der Waals surface area contributed by atoms with Crippen molar-refractivity contribution in [2.75, 3.05) is 0 Å². The summed E-state index contributed by atoms with van der Waals surface area (Å²) in [5, 5.41) is 2.70. The summed E-state index contributed by atoms with van der Waals surface area (Å²) in [5.74, 6) is 1.05. The third-order valence-corrected chi connectivity index (χ3v) is 9.09. The third-order valence-electron chi connectivity index (χ3n) is 5.00. The van der Waals surface area contributed by atoms with E-state index < -0.39 is 8.32 Å². The molecule has 0 N–H and O–H groups in total. The van der Waals surface area contributed by atoms with Gasteiger partial charge in [0.2, 0.25) is 0 Å². The molecule has 25 heavy (non-hydrogen) atoms. The Balaban J connectivity index is 1.84. The topological polar surface area (TPSA) is 9.23 Å². The molecule has 1 aliphatic rings. The molecule has 0 unspecified atom stereocenters. The molecule has 1 heterocycles. The van der Waals surface area contributed by atoms with Gasteiger partial charge in [-0.05, 0) is 41.4 Å². The number of aryl methyl sites for hydroxylation is 1. The largest absolute Gasteiger partial charge is 0.534 e. The lowest BCUT2D eigenvalue weighted by molar-refractivity contribution is 0.504. The Hall–Kier alpha value is -2.58. The van der Waals surface area contributed by atoms with Crippen LogP contribution in [0.25, 0.3) is 5.76 Å². The van der Waals surface area contributed by atoms with Crippen LogP contribution in [0, 0.1) is 6.92 Å². The molecule has 0 fully saturated rings. The minimum Gasteiger partial charge on any atom is -0.534 e. The Morgan fingerprint density at radius 1 is 0.720 bits per heavy atom. The normalized spacial score (nSPS) is 16.0. The predicted molar refractivity (Wildman–Crippen MR) is 108 cm³/mol. The molecular formula is C23H22OSi. The van der Waals surface area contributed by atoms with Crippen LogP contribution in [0.2, 0.25) is 6.04 Å². The van der Waals surface area contributed by atoms with E-state index in [0.717, 1.165) is 18.2 Å². The molecule has 2 heteroatoms. The Kier molecular flexibility index (Phi) is 4.29. The van der Waals surface area contributed by atoms with E-state index in [1.165, 1.54) is 21.5 Å². The number of hydrogen-bond acceptors (Lipinski definition) is 1. The first-order chi connectivity index (χ1) is 12.3. The average molecular weight is 343 g/mol. The van der Waals surface area contributed by atoms with E-state index in [2.05, 4.69) is 97.9 Å². The van der Waals surface area contributed by atoms with Crippen LogP contribution in [-0.2, 0) is 4.43 Å². The molecule has 1 aliphatic heterocycles. The predicted octanol–water partition coefficient (Wildman–Crippen LogP) is 4.52. The zero-order valence-electron chi connectivity index (χ0n) is 14.5. The van der Waals surface area contributed by atoms with Crippen LogP contribution < -0.4 is 10.4 Å². The van der Waals surface area contributed by atoms with Gasteiger partial charge in [0, 0.05) is 5.56 Å². The van der Waals surface area contributed by atoms with E-state index in [9.17, 15) is 0 Å². The highest BCUT2D eigenvalue weighted by Crippen LogP contribution is 2.31. The molecule has 0 saturated carbocycles. The van der Waals surface area contributed by atoms with Gasteiger partial charge in [-0.25, -0.2) is 0 Å². The van der Waals surface area contributed by atoms with Crippen LogP contribution in [0.1, 0.15) is 17.5 Å².